The largest absolute Gasteiger partial charge is 0.311 e. The van der Waals surface area contributed by atoms with Crippen molar-refractivity contribution in [3.63, 3.8) is 0 Å². The lowest BCUT2D eigenvalue weighted by molar-refractivity contribution is 0.0993. The summed E-state index contributed by atoms with van der Waals surface area (Å²) in [7, 11) is 1.79. The molecule has 0 aliphatic carbocycles. The topological polar surface area (TPSA) is 38.1 Å². The van der Waals surface area contributed by atoms with Crippen LogP contribution in [-0.2, 0) is 6.54 Å². The van der Waals surface area contributed by atoms with Crippen LogP contribution in [0.5, 0.6) is 0 Å². The van der Waals surface area contributed by atoms with E-state index in [0.29, 0.717) is 12.1 Å². The smallest absolute Gasteiger partial charge is 0.258 e. The fourth-order valence-corrected chi connectivity index (χ4v) is 2.72. The third-order valence-corrected chi connectivity index (χ3v) is 4.08. The van der Waals surface area contributed by atoms with Gasteiger partial charge in [-0.25, -0.2) is 0 Å². The van der Waals surface area contributed by atoms with Crippen LogP contribution in [0.1, 0.15) is 27.3 Å². The van der Waals surface area contributed by atoms with Crippen molar-refractivity contribution in [2.45, 2.75) is 20.4 Å². The first-order valence-electron chi connectivity index (χ1n) is 7.97. The molecule has 0 radical (unpaired) electrons. The van der Waals surface area contributed by atoms with Gasteiger partial charge in [0, 0.05) is 24.0 Å². The monoisotopic (exact) mass is 319 g/mol. The maximum atomic E-state index is 12.6. The molecule has 1 aromatic heterocycles. The van der Waals surface area contributed by atoms with Crippen LogP contribution in [0.15, 0.2) is 60.7 Å². The number of anilines is 1. The quantitative estimate of drug-likeness (QED) is 0.733. The lowest BCUT2D eigenvalue weighted by atomic mass is 10.1. The molecule has 0 unspecified atom stereocenters. The van der Waals surface area contributed by atoms with Crippen molar-refractivity contribution < 1.29 is 4.79 Å². The molecule has 2 aromatic carbocycles. The van der Waals surface area contributed by atoms with E-state index in [1.807, 2.05) is 73.1 Å². The van der Waals surface area contributed by atoms with Gasteiger partial charge in [-0.3, -0.25) is 9.48 Å². The van der Waals surface area contributed by atoms with Crippen LogP contribution in [-0.4, -0.2) is 22.7 Å². The Bertz CT molecular complexity index is 835. The van der Waals surface area contributed by atoms with Crippen molar-refractivity contribution >= 4 is 11.6 Å². The Morgan fingerprint density at radius 2 is 1.71 bits per heavy atom. The van der Waals surface area contributed by atoms with Crippen molar-refractivity contribution in [1.82, 2.24) is 9.78 Å². The van der Waals surface area contributed by atoms with Crippen molar-refractivity contribution in [3.8, 4) is 0 Å². The Labute approximate surface area is 142 Å². The summed E-state index contributed by atoms with van der Waals surface area (Å²) >= 11 is 0. The van der Waals surface area contributed by atoms with Crippen LogP contribution in [0.2, 0.25) is 0 Å². The lowest BCUT2D eigenvalue weighted by Crippen LogP contribution is -2.26. The summed E-state index contributed by atoms with van der Waals surface area (Å²) in [5.41, 5.74) is 4.84. The van der Waals surface area contributed by atoms with Crippen LogP contribution in [0.3, 0.4) is 0 Å². The van der Waals surface area contributed by atoms with E-state index in [0.717, 1.165) is 22.6 Å². The highest BCUT2D eigenvalue weighted by Gasteiger charge is 2.13. The fraction of sp³-hybridized carbons (Fsp3) is 0.200. The second kappa shape index (κ2) is 6.71. The summed E-state index contributed by atoms with van der Waals surface area (Å²) in [6, 6.07) is 19.4. The highest BCUT2D eigenvalue weighted by atomic mass is 16.2. The summed E-state index contributed by atoms with van der Waals surface area (Å²) in [5, 5.41) is 4.47. The first-order valence-corrected chi connectivity index (χ1v) is 7.97. The van der Waals surface area contributed by atoms with E-state index in [-0.39, 0.29) is 5.91 Å². The summed E-state index contributed by atoms with van der Waals surface area (Å²) < 4.78 is 1.97. The van der Waals surface area contributed by atoms with Gasteiger partial charge in [-0.15, -0.1) is 0 Å². The van der Waals surface area contributed by atoms with Gasteiger partial charge < -0.3 is 4.90 Å². The molecule has 24 heavy (non-hydrogen) atoms. The van der Waals surface area contributed by atoms with E-state index in [2.05, 4.69) is 11.2 Å². The first-order chi connectivity index (χ1) is 11.5. The number of nitrogens with zero attached hydrogens (tertiary/aromatic N) is 3. The molecule has 0 fully saturated rings. The van der Waals surface area contributed by atoms with E-state index in [9.17, 15) is 4.79 Å². The molecule has 3 aromatic rings. The SMILES string of the molecule is Cc1cc(C)n(Cc2ccc(C(=O)N(C)c3ccccc3)cc2)n1. The average molecular weight is 319 g/mol. The van der Waals surface area contributed by atoms with E-state index in [1.54, 1.807) is 11.9 Å². The summed E-state index contributed by atoms with van der Waals surface area (Å²) in [5.74, 6) is -0.0149. The van der Waals surface area contributed by atoms with Crippen molar-refractivity contribution in [1.29, 1.82) is 0 Å². The van der Waals surface area contributed by atoms with E-state index in [1.165, 1.54) is 0 Å². The molecule has 3 rings (SSSR count). The molecular formula is C20H21N3O. The van der Waals surface area contributed by atoms with Crippen molar-refractivity contribution in [2.75, 3.05) is 11.9 Å². The fourth-order valence-electron chi connectivity index (χ4n) is 2.72. The molecule has 0 aliphatic heterocycles. The minimum Gasteiger partial charge on any atom is -0.311 e. The Hall–Kier alpha value is -2.88. The maximum absolute atomic E-state index is 12.6. The van der Waals surface area contributed by atoms with Crippen LogP contribution in [0.4, 0.5) is 5.69 Å². The van der Waals surface area contributed by atoms with Gasteiger partial charge in [0.15, 0.2) is 0 Å². The molecule has 0 spiro atoms. The Morgan fingerprint density at radius 3 is 2.29 bits per heavy atom. The highest BCUT2D eigenvalue weighted by molar-refractivity contribution is 6.05. The van der Waals surface area contributed by atoms with Gasteiger partial charge in [-0.05, 0) is 49.7 Å². The third kappa shape index (κ3) is 3.38. The number of hydrogen-bond donors (Lipinski definition) is 0. The Kier molecular flexibility index (Phi) is 4.47. The minimum absolute atomic E-state index is 0.0149. The number of carbonyl (C=O) groups excluding carboxylic acids is 1. The molecule has 4 heteroatoms. The van der Waals surface area contributed by atoms with Gasteiger partial charge in [0.25, 0.3) is 5.91 Å². The molecule has 0 bridgehead atoms. The lowest BCUT2D eigenvalue weighted by Gasteiger charge is -2.17. The summed E-state index contributed by atoms with van der Waals surface area (Å²) in [6.07, 6.45) is 0. The van der Waals surface area contributed by atoms with Gasteiger partial charge in [0.1, 0.15) is 0 Å². The van der Waals surface area contributed by atoms with Crippen molar-refractivity contribution in [2.24, 2.45) is 0 Å². The molecule has 0 saturated heterocycles. The number of carbonyl (C=O) groups is 1. The zero-order valence-electron chi connectivity index (χ0n) is 14.2. The first kappa shape index (κ1) is 16.0. The van der Waals surface area contributed by atoms with Crippen LogP contribution in [0.25, 0.3) is 0 Å². The number of benzene rings is 2. The number of amides is 1. The number of hydrogen-bond acceptors (Lipinski definition) is 2. The highest BCUT2D eigenvalue weighted by Crippen LogP contribution is 2.16. The normalized spacial score (nSPS) is 10.6. The summed E-state index contributed by atoms with van der Waals surface area (Å²) in [6.45, 7) is 4.75. The Morgan fingerprint density at radius 1 is 1.04 bits per heavy atom. The average Bonchev–Trinajstić information content (AvgIpc) is 2.92. The zero-order valence-corrected chi connectivity index (χ0v) is 14.2. The van der Waals surface area contributed by atoms with E-state index >= 15 is 0 Å². The molecule has 0 aliphatic rings. The number of aromatic nitrogens is 2. The zero-order chi connectivity index (χ0) is 17.1. The predicted octanol–water partition coefficient (Wildman–Crippen LogP) is 3.82. The number of rotatable bonds is 4. The summed E-state index contributed by atoms with van der Waals surface area (Å²) in [4.78, 5) is 14.2. The van der Waals surface area contributed by atoms with Gasteiger partial charge in [-0.2, -0.15) is 5.10 Å². The molecular weight excluding hydrogens is 298 g/mol. The Balaban J connectivity index is 1.74. The van der Waals surface area contributed by atoms with Crippen LogP contribution in [0, 0.1) is 13.8 Å². The van der Waals surface area contributed by atoms with E-state index < -0.39 is 0 Å². The molecule has 0 saturated carbocycles. The van der Waals surface area contributed by atoms with Gasteiger partial charge in [0.05, 0.1) is 12.2 Å². The van der Waals surface area contributed by atoms with Crippen molar-refractivity contribution in [3.05, 3.63) is 83.2 Å². The third-order valence-electron chi connectivity index (χ3n) is 4.08. The molecule has 122 valence electrons. The number of para-hydroxylation sites is 1. The van der Waals surface area contributed by atoms with Crippen LogP contribution >= 0.6 is 0 Å². The second-order valence-corrected chi connectivity index (χ2v) is 5.98. The minimum atomic E-state index is -0.0149. The van der Waals surface area contributed by atoms with E-state index in [4.69, 9.17) is 0 Å². The maximum Gasteiger partial charge on any atom is 0.258 e. The predicted molar refractivity (Wildman–Crippen MR) is 96.4 cm³/mol. The standard InChI is InChI=1S/C20H21N3O/c1-15-13-16(2)23(21-15)14-17-9-11-18(12-10-17)20(24)22(3)19-7-5-4-6-8-19/h4-13H,14H2,1-3H3. The number of aryl methyl sites for hydroxylation is 2. The molecule has 4 nitrogen and oxygen atoms in total. The molecule has 0 N–H and O–H groups in total. The van der Waals surface area contributed by atoms with Gasteiger partial charge >= 0.3 is 0 Å². The van der Waals surface area contributed by atoms with Gasteiger partial charge in [-0.1, -0.05) is 30.3 Å². The molecule has 0 atom stereocenters. The van der Waals surface area contributed by atoms with Crippen LogP contribution < -0.4 is 4.90 Å². The molecule has 1 heterocycles. The molecule has 1 amide bonds. The second-order valence-electron chi connectivity index (χ2n) is 5.98. The van der Waals surface area contributed by atoms with Gasteiger partial charge in [0.2, 0.25) is 0 Å².